The first-order valence-corrected chi connectivity index (χ1v) is 48.7. The molecule has 1 aliphatic heterocycles. The van der Waals surface area contributed by atoms with Gasteiger partial charge < -0.3 is 82.1 Å². The van der Waals surface area contributed by atoms with E-state index in [1.165, 1.54) is 86.8 Å². The number of carbonyl (C=O) groups excluding carboxylic acids is 12. The molecule has 1 fully saturated rings. The number of nitrogens with one attached hydrogen (secondary N) is 8. The van der Waals surface area contributed by atoms with Crippen LogP contribution < -0.4 is 48.3 Å². The van der Waals surface area contributed by atoms with Crippen LogP contribution in [-0.2, 0) is 83.6 Å². The number of amides is 12. The highest BCUT2D eigenvalue weighted by Crippen LogP contribution is 2.32. The van der Waals surface area contributed by atoms with Crippen LogP contribution >= 0.6 is 12.6 Å². The fraction of sp³-hybridized carbons (Fsp3) is 0.562. The number of benzene rings is 5. The Kier molecular flexibility index (Phi) is 42.3. The van der Waals surface area contributed by atoms with Gasteiger partial charge in [-0.1, -0.05) is 159 Å². The second kappa shape index (κ2) is 50.6. The van der Waals surface area contributed by atoms with E-state index in [2.05, 4.69) is 55.2 Å². The number of thiol groups is 1. The molecule has 0 spiro atoms. The van der Waals surface area contributed by atoms with Crippen molar-refractivity contribution >= 4 is 109 Å². The van der Waals surface area contributed by atoms with Gasteiger partial charge in [0, 0.05) is 70.2 Å². The summed E-state index contributed by atoms with van der Waals surface area (Å²) in [6.45, 7) is 28.4. The normalized spacial score (nSPS) is 15.9. The number of nitrogens with zero attached hydrogens (tertiary/aromatic N) is 3. The molecule has 3 unspecified atom stereocenters. The predicted molar refractivity (Wildman–Crippen MR) is 506 cm³/mol. The number of sulfone groups is 2. The molecular formula is C96H140N12O21S3. The highest BCUT2D eigenvalue weighted by Gasteiger charge is 2.45. The highest BCUT2D eigenvalue weighted by molar-refractivity contribution is 7.92. The third-order valence-electron chi connectivity index (χ3n) is 23.9. The minimum Gasteiger partial charge on any atom is -0.445 e. The van der Waals surface area contributed by atoms with Crippen molar-refractivity contribution in [2.75, 3.05) is 64.8 Å². The van der Waals surface area contributed by atoms with Gasteiger partial charge in [-0.25, -0.2) is 26.4 Å². The molecule has 5 aromatic rings. The molecule has 1 saturated heterocycles. The van der Waals surface area contributed by atoms with Gasteiger partial charge in [0.15, 0.2) is 25.5 Å². The molecule has 5 aromatic carbocycles. The zero-order chi connectivity index (χ0) is 98.6. The lowest BCUT2D eigenvalue weighted by Gasteiger charge is -2.41. The van der Waals surface area contributed by atoms with Crippen LogP contribution in [0.3, 0.4) is 0 Å². The average Bonchev–Trinajstić information content (AvgIpc) is 1.00. The van der Waals surface area contributed by atoms with Gasteiger partial charge in [-0.2, -0.15) is 0 Å². The topological polar surface area (TPSA) is 462 Å². The number of hydrogen-bond donors (Lipinski definition) is 11. The van der Waals surface area contributed by atoms with Gasteiger partial charge in [-0.15, -0.1) is 12.6 Å². The number of rotatable bonds is 51. The van der Waals surface area contributed by atoms with Crippen LogP contribution in [0, 0.1) is 49.4 Å². The van der Waals surface area contributed by atoms with Gasteiger partial charge in [0.05, 0.1) is 82.6 Å². The Morgan fingerprint density at radius 2 is 1.19 bits per heavy atom. The van der Waals surface area contributed by atoms with Gasteiger partial charge in [-0.05, 0) is 170 Å². The second-order valence-electron chi connectivity index (χ2n) is 36.6. The van der Waals surface area contributed by atoms with E-state index in [9.17, 15) is 79.5 Å². The Hall–Kier alpha value is -10.4. The summed E-state index contributed by atoms with van der Waals surface area (Å²) in [7, 11) is -2.48. The number of methoxy groups -OCH3 is 2. The number of hydrogen-bond acceptors (Lipinski definition) is 22. The third-order valence-corrected chi connectivity index (χ3v) is 27.7. The first-order chi connectivity index (χ1) is 61.8. The standard InChI is InChI=1S/C96H140N12O21S3/c1-21-62(10)82(76(126-19)53-78(110)108-51-26-30-75(108)85(127-20)63(11)86(113)99-64(12)83(111)66-27-23-22-24-28-66)106(17)92(119)80(58(4)5)104-91(118)81(59(6)7)107(18)94(121)128-54-65-35-41-70(42-36-65)100-88(115)73(29-25-50-98-93(97)120)102-90(117)79(57(2)3)103-77(109)48-47-74(89(116)105-95(13,14)49-52-129-96(15,16)130)101-87(114)68-39-37-67(38-40-68)84(112)69(55-131(122,123)71-43-31-60(8)32-44-71)56-132(124,125)72-45-33-61(9)34-46-72/h22-24,27-28,31-46,57-59,62-64,69,73-76,79-83,85,111,130H,21,25-26,29-30,47-56H2,1-20H3,(H,99,113)(H,100,115)(H,101,114)(H,102,117)(H,103,109)(H,104,118)(H,105,116)(H3,97,98,120)/t62-,63+,64+,73-,74-,75-,76+,79?,80-,81?,82?,83+,85+/m0/s1. The third kappa shape index (κ3) is 33.1. The summed E-state index contributed by atoms with van der Waals surface area (Å²) >= 11 is 4.43. The van der Waals surface area contributed by atoms with Crippen molar-refractivity contribution in [1.29, 1.82) is 0 Å². The van der Waals surface area contributed by atoms with Gasteiger partial charge in [-0.3, -0.25) is 52.8 Å². The molecule has 0 radical (unpaired) electrons. The number of likely N-dealkylation sites (tertiary alicyclic amines) is 1. The maximum Gasteiger partial charge on any atom is 0.410 e. The van der Waals surface area contributed by atoms with Gasteiger partial charge in [0.2, 0.25) is 47.3 Å². The van der Waals surface area contributed by atoms with Crippen molar-refractivity contribution in [2.24, 2.45) is 41.2 Å². The van der Waals surface area contributed by atoms with E-state index in [0.29, 0.717) is 36.9 Å². The maximum atomic E-state index is 15.0. The Morgan fingerprint density at radius 1 is 0.629 bits per heavy atom. The van der Waals surface area contributed by atoms with E-state index < -0.39 is 204 Å². The summed E-state index contributed by atoms with van der Waals surface area (Å²) in [6, 6.07) is 23.1. The lowest BCUT2D eigenvalue weighted by Crippen LogP contribution is -2.60. The zero-order valence-corrected chi connectivity index (χ0v) is 82.4. The van der Waals surface area contributed by atoms with Gasteiger partial charge >= 0.3 is 12.1 Å². The van der Waals surface area contributed by atoms with E-state index >= 15 is 0 Å². The number of ether oxygens (including phenoxy) is 4. The summed E-state index contributed by atoms with van der Waals surface area (Å²) in [5.74, 6) is -12.1. The van der Waals surface area contributed by atoms with E-state index in [4.69, 9.17) is 24.7 Å². The fourth-order valence-corrected chi connectivity index (χ4v) is 19.3. The number of likely N-dealkylation sites (N-methyl/N-ethyl adjacent to an activating group) is 2. The molecule has 0 aromatic heterocycles. The van der Waals surface area contributed by atoms with Crippen molar-refractivity contribution < 1.29 is 98.4 Å². The van der Waals surface area contributed by atoms with Crippen LogP contribution in [0.1, 0.15) is 204 Å². The van der Waals surface area contributed by atoms with Gasteiger partial charge in [0.1, 0.15) is 41.7 Å². The average molecular weight is 1890 g/mol. The van der Waals surface area contributed by atoms with Crippen molar-refractivity contribution in [3.05, 3.63) is 161 Å². The maximum absolute atomic E-state index is 15.0. The Labute approximate surface area is 783 Å². The molecule has 0 bridgehead atoms. The summed E-state index contributed by atoms with van der Waals surface area (Å²) < 4.78 is 79.2. The number of aryl methyl sites for hydroxylation is 2. The van der Waals surface area contributed by atoms with E-state index in [-0.39, 0.29) is 96.2 Å². The van der Waals surface area contributed by atoms with Crippen LogP contribution in [0.4, 0.5) is 15.3 Å². The summed E-state index contributed by atoms with van der Waals surface area (Å²) in [6.07, 6.45) is -2.10. The SMILES string of the molecule is CC[C@H](C)C([C@@H](CC(=O)N1CCC[C@H]1[C@H](OC)[C@@H](C)C(=O)N[C@H](C)[C@@H](O)c1ccccc1)OC)N(C)C(=O)[C@@H](NC(=O)C(C(C)C)N(C)C(=O)OCc1ccc(NC(=O)[C@H](CCCNC(N)=O)NC(=O)C(NC(=O)CC[C@H](NC(=O)c2ccc(C(=O)C(CS(=O)(=O)c3ccc(C)cc3)CS(=O)(=O)c3ccc(C)cc3)cc2)C(=O)NC(C)(C)CCOC(C)(C)S)C(C)C)cc1)C(C)C. The fourth-order valence-electron chi connectivity index (χ4n) is 15.9. The number of aliphatic hydroxyl groups excluding tert-OH is 1. The van der Waals surface area contributed by atoms with E-state index in [1.54, 1.807) is 170 Å². The number of urea groups is 1. The molecule has 0 aliphatic carbocycles. The Balaban J connectivity index is 1.10. The zero-order valence-electron chi connectivity index (χ0n) is 79.8. The monoisotopic (exact) mass is 1890 g/mol. The number of primary amides is 1. The Morgan fingerprint density at radius 3 is 1.71 bits per heavy atom. The quantitative estimate of drug-likeness (QED) is 0.00746. The van der Waals surface area contributed by atoms with Gasteiger partial charge in [0.25, 0.3) is 5.91 Å². The number of aliphatic hydroxyl groups is 1. The lowest BCUT2D eigenvalue weighted by atomic mass is 9.89. The molecule has 1 aliphatic rings. The number of ketones is 1. The Bertz CT molecular complexity index is 4870. The molecule has 6 rings (SSSR count). The molecule has 33 nitrogen and oxygen atoms in total. The number of anilines is 1. The van der Waals surface area contributed by atoms with Crippen molar-refractivity contribution in [2.45, 2.75) is 262 Å². The molecule has 36 heteroatoms. The molecule has 1 heterocycles. The molecule has 0 saturated carbocycles. The summed E-state index contributed by atoms with van der Waals surface area (Å²) in [5, 5.41) is 33.2. The molecular weight excluding hydrogens is 1750 g/mol. The van der Waals surface area contributed by atoms with Crippen molar-refractivity contribution in [1.82, 2.24) is 51.9 Å². The smallest absolute Gasteiger partial charge is 0.410 e. The number of Topliss-reactive ketones (excluding diaryl/α,β-unsaturated/α-hetero) is 1. The molecule has 13 atom stereocenters. The minimum absolute atomic E-state index is 0.0124. The van der Waals surface area contributed by atoms with Crippen LogP contribution in [0.5, 0.6) is 0 Å². The number of carbonyl (C=O) groups is 12. The second-order valence-corrected chi connectivity index (χ2v) is 41.8. The molecule has 12 amide bonds. The molecule has 11 N–H and O–H groups in total. The first-order valence-electron chi connectivity index (χ1n) is 44.9. The van der Waals surface area contributed by atoms with Crippen molar-refractivity contribution in [3.63, 3.8) is 0 Å². The summed E-state index contributed by atoms with van der Waals surface area (Å²) in [4.78, 5) is 173. The van der Waals surface area contributed by atoms with Crippen LogP contribution in [0.25, 0.3) is 0 Å². The largest absolute Gasteiger partial charge is 0.445 e. The summed E-state index contributed by atoms with van der Waals surface area (Å²) in [5.41, 5.74) is 7.09. The highest BCUT2D eigenvalue weighted by atomic mass is 32.2. The first kappa shape index (κ1) is 110. The van der Waals surface area contributed by atoms with Crippen LogP contribution in [0.15, 0.2) is 137 Å². The molecule has 728 valence electrons. The number of nitrogens with two attached hydrogens (primary N) is 1. The van der Waals surface area contributed by atoms with Crippen LogP contribution in [-0.4, -0.2) is 238 Å². The lowest BCUT2D eigenvalue weighted by molar-refractivity contribution is -0.148. The van der Waals surface area contributed by atoms with Crippen LogP contribution in [0.2, 0.25) is 0 Å². The van der Waals surface area contributed by atoms with Crippen molar-refractivity contribution in [3.8, 4) is 0 Å². The van der Waals surface area contributed by atoms with E-state index in [0.717, 1.165) is 16.0 Å². The minimum atomic E-state index is -4.25. The van der Waals surface area contributed by atoms with E-state index in [1.807, 2.05) is 19.9 Å². The predicted octanol–water partition coefficient (Wildman–Crippen LogP) is 9.50. The molecule has 132 heavy (non-hydrogen) atoms.